The number of phenols is 1. The summed E-state index contributed by atoms with van der Waals surface area (Å²) in [6.07, 6.45) is 11.6. The molecule has 0 bridgehead atoms. The number of carbonyl (C=O) groups is 1. The van der Waals surface area contributed by atoms with Crippen LogP contribution in [0.4, 0.5) is 0 Å². The van der Waals surface area contributed by atoms with Gasteiger partial charge in [-0.3, -0.25) is 0 Å². The van der Waals surface area contributed by atoms with Gasteiger partial charge < -0.3 is 29.9 Å². The summed E-state index contributed by atoms with van der Waals surface area (Å²) in [5, 5.41) is 44.9. The Morgan fingerprint density at radius 1 is 0.978 bits per heavy atom. The van der Waals surface area contributed by atoms with Gasteiger partial charge in [-0.25, -0.2) is 4.79 Å². The molecule has 1 spiro atoms. The molecule has 10 atom stereocenters. The highest BCUT2D eigenvalue weighted by atomic mass is 16.5. The summed E-state index contributed by atoms with van der Waals surface area (Å²) in [5.41, 5.74) is 0.877. The lowest BCUT2D eigenvalue weighted by Crippen LogP contribution is -2.68. The van der Waals surface area contributed by atoms with Crippen LogP contribution in [0.5, 0.6) is 11.5 Å². The lowest BCUT2D eigenvalue weighted by molar-refractivity contribution is -0.245. The largest absolute Gasteiger partial charge is 0.504 e. The quantitative estimate of drug-likeness (QED) is 0.159. The third-order valence-electron chi connectivity index (χ3n) is 14.5. The second-order valence-electron chi connectivity index (χ2n) is 17.5. The van der Waals surface area contributed by atoms with Gasteiger partial charge in [0.15, 0.2) is 11.5 Å². The minimum Gasteiger partial charge on any atom is -0.504 e. The number of aromatic hydroxyl groups is 1. The molecule has 0 amide bonds. The number of benzene rings is 1. The number of esters is 1. The van der Waals surface area contributed by atoms with E-state index >= 15 is 0 Å². The van der Waals surface area contributed by atoms with Gasteiger partial charge in [0, 0.05) is 16.9 Å². The van der Waals surface area contributed by atoms with Crippen molar-refractivity contribution in [3.8, 4) is 11.5 Å². The molecule has 5 aliphatic carbocycles. The Labute approximate surface area is 275 Å². The SMILES string of the molecule is COc1cc(/C=C/C(=O)OC[C@@]2(C)[C@@H]3CC[C@]4(C)[C@H](CC=C5[C@@H](O)[C@@]6(CCC(C)(C)C6)CC[C@]54C)[C@]3(C)C[C@@H](O)[C@@H]2O)ccc1O. The van der Waals surface area contributed by atoms with Gasteiger partial charge >= 0.3 is 5.97 Å². The molecule has 0 heterocycles. The highest BCUT2D eigenvalue weighted by Gasteiger charge is 2.70. The Bertz CT molecular complexity index is 1430. The standard InChI is InChI=1S/C39H56O7/c1-34(2)16-18-39(22-34)19-17-37(5)25(32(39)43)10-12-30-35(3)21-27(41)33(44)36(4,29(35)14-15-38(30,37)6)23-46-31(42)13-9-24-8-11-26(40)28(20-24)45-7/h8-11,13,20,27,29-30,32-33,40-41,43-44H,12,14-19,21-23H2,1-7H3/b13-9+/t27-,29-,30-,32-,33+,35-,36+,37-,38-,39+/m1/s1. The number of ether oxygens (including phenoxy) is 2. The Hall–Kier alpha value is -2.35. The Morgan fingerprint density at radius 3 is 2.37 bits per heavy atom. The van der Waals surface area contributed by atoms with Crippen molar-refractivity contribution in [1.82, 2.24) is 0 Å². The van der Waals surface area contributed by atoms with Crippen molar-refractivity contribution in [2.45, 2.75) is 118 Å². The monoisotopic (exact) mass is 636 g/mol. The molecule has 46 heavy (non-hydrogen) atoms. The van der Waals surface area contributed by atoms with E-state index in [2.05, 4.69) is 40.7 Å². The smallest absolute Gasteiger partial charge is 0.330 e. The summed E-state index contributed by atoms with van der Waals surface area (Å²) in [5.74, 6) is 0.112. The van der Waals surface area contributed by atoms with Crippen molar-refractivity contribution in [2.24, 2.45) is 44.3 Å². The van der Waals surface area contributed by atoms with Gasteiger partial charge in [-0.1, -0.05) is 53.7 Å². The Balaban J connectivity index is 1.24. The summed E-state index contributed by atoms with van der Waals surface area (Å²) in [7, 11) is 1.47. The number of hydrogen-bond acceptors (Lipinski definition) is 7. The fourth-order valence-electron chi connectivity index (χ4n) is 11.9. The van der Waals surface area contributed by atoms with Crippen LogP contribution in [-0.4, -0.2) is 58.4 Å². The number of rotatable bonds is 5. The lowest BCUT2D eigenvalue weighted by atomic mass is 9.34. The van der Waals surface area contributed by atoms with Gasteiger partial charge in [0.05, 0.1) is 32.0 Å². The fraction of sp³-hybridized carbons (Fsp3) is 0.718. The molecule has 4 N–H and O–H groups in total. The molecule has 254 valence electrons. The fourth-order valence-corrected chi connectivity index (χ4v) is 11.9. The molecule has 6 rings (SSSR count). The summed E-state index contributed by atoms with van der Waals surface area (Å²) < 4.78 is 11.0. The maximum atomic E-state index is 12.9. The van der Waals surface area contributed by atoms with E-state index in [-0.39, 0.29) is 51.3 Å². The second kappa shape index (κ2) is 11.1. The van der Waals surface area contributed by atoms with Gasteiger partial charge in [0.1, 0.15) is 0 Å². The number of allylic oxidation sites excluding steroid dienone is 1. The maximum absolute atomic E-state index is 12.9. The van der Waals surface area contributed by atoms with Crippen LogP contribution in [0.2, 0.25) is 0 Å². The first-order valence-corrected chi connectivity index (χ1v) is 17.4. The minimum atomic E-state index is -1.01. The number of phenolic OH excluding ortho intramolecular Hbond substituents is 1. The molecule has 1 aromatic rings. The average Bonchev–Trinajstić information content (AvgIpc) is 3.32. The van der Waals surface area contributed by atoms with Crippen LogP contribution < -0.4 is 4.74 Å². The number of fused-ring (bicyclic) bond motifs is 5. The number of hydrogen-bond donors (Lipinski definition) is 4. The number of aliphatic hydroxyl groups excluding tert-OH is 3. The van der Waals surface area contributed by atoms with Crippen LogP contribution in [0, 0.1) is 44.3 Å². The van der Waals surface area contributed by atoms with Crippen LogP contribution in [0.25, 0.3) is 6.08 Å². The van der Waals surface area contributed by atoms with Crippen LogP contribution in [0.3, 0.4) is 0 Å². The molecular formula is C39H56O7. The average molecular weight is 637 g/mol. The molecule has 0 aliphatic heterocycles. The molecule has 7 heteroatoms. The van der Waals surface area contributed by atoms with Crippen LogP contribution in [0.1, 0.15) is 105 Å². The Kier molecular flexibility index (Phi) is 8.09. The number of methoxy groups -OCH3 is 1. The van der Waals surface area contributed by atoms with E-state index in [4.69, 9.17) is 9.47 Å². The number of aliphatic hydroxyl groups is 3. The summed E-state index contributed by atoms with van der Waals surface area (Å²) >= 11 is 0. The summed E-state index contributed by atoms with van der Waals surface area (Å²) in [4.78, 5) is 12.9. The van der Waals surface area contributed by atoms with Crippen molar-refractivity contribution in [3.63, 3.8) is 0 Å². The van der Waals surface area contributed by atoms with E-state index in [0.717, 1.165) is 44.9 Å². The molecule has 4 fully saturated rings. The normalized spacial score (nSPS) is 44.7. The zero-order valence-corrected chi connectivity index (χ0v) is 28.9. The van der Waals surface area contributed by atoms with Gasteiger partial charge in [-0.05, 0) is 121 Å². The van der Waals surface area contributed by atoms with E-state index in [1.807, 2.05) is 6.92 Å². The Morgan fingerprint density at radius 2 is 1.70 bits per heavy atom. The molecule has 1 aromatic carbocycles. The van der Waals surface area contributed by atoms with E-state index < -0.39 is 29.7 Å². The maximum Gasteiger partial charge on any atom is 0.330 e. The highest BCUT2D eigenvalue weighted by molar-refractivity contribution is 5.87. The van der Waals surface area contributed by atoms with E-state index in [1.54, 1.807) is 18.2 Å². The predicted octanol–water partition coefficient (Wildman–Crippen LogP) is 6.82. The van der Waals surface area contributed by atoms with Crippen molar-refractivity contribution >= 4 is 12.0 Å². The first kappa shape index (κ1) is 33.5. The molecule has 0 saturated heterocycles. The molecule has 4 saturated carbocycles. The van der Waals surface area contributed by atoms with Gasteiger partial charge in [0.2, 0.25) is 0 Å². The molecule has 0 unspecified atom stereocenters. The second-order valence-corrected chi connectivity index (χ2v) is 17.5. The van der Waals surface area contributed by atoms with Gasteiger partial charge in [-0.2, -0.15) is 0 Å². The first-order chi connectivity index (χ1) is 21.4. The minimum absolute atomic E-state index is 0.00632. The van der Waals surface area contributed by atoms with Gasteiger partial charge in [0.25, 0.3) is 0 Å². The first-order valence-electron chi connectivity index (χ1n) is 17.4. The van der Waals surface area contributed by atoms with Crippen LogP contribution >= 0.6 is 0 Å². The third-order valence-corrected chi connectivity index (χ3v) is 14.5. The molecule has 7 nitrogen and oxygen atoms in total. The number of carbonyl (C=O) groups excluding carboxylic acids is 1. The van der Waals surface area contributed by atoms with Crippen molar-refractivity contribution in [3.05, 3.63) is 41.5 Å². The van der Waals surface area contributed by atoms with Crippen molar-refractivity contribution in [2.75, 3.05) is 13.7 Å². The molecule has 0 aromatic heterocycles. The van der Waals surface area contributed by atoms with E-state index in [1.165, 1.54) is 31.2 Å². The summed E-state index contributed by atoms with van der Waals surface area (Å²) in [6, 6.07) is 4.82. The van der Waals surface area contributed by atoms with Crippen LogP contribution in [-0.2, 0) is 9.53 Å². The zero-order chi connectivity index (χ0) is 33.5. The van der Waals surface area contributed by atoms with Crippen LogP contribution in [0.15, 0.2) is 35.9 Å². The lowest BCUT2D eigenvalue weighted by Gasteiger charge is -2.70. The third kappa shape index (κ3) is 4.89. The molecule has 5 aliphatic rings. The summed E-state index contributed by atoms with van der Waals surface area (Å²) in [6.45, 7) is 13.8. The van der Waals surface area contributed by atoms with Crippen molar-refractivity contribution < 1.29 is 34.7 Å². The molecular weight excluding hydrogens is 580 g/mol. The van der Waals surface area contributed by atoms with Gasteiger partial charge in [-0.15, -0.1) is 0 Å². The predicted molar refractivity (Wildman–Crippen MR) is 178 cm³/mol. The van der Waals surface area contributed by atoms with E-state index in [9.17, 15) is 25.2 Å². The topological polar surface area (TPSA) is 116 Å². The van der Waals surface area contributed by atoms with E-state index in [0.29, 0.717) is 17.7 Å². The van der Waals surface area contributed by atoms with Crippen molar-refractivity contribution in [1.29, 1.82) is 0 Å². The molecule has 0 radical (unpaired) electrons. The highest BCUT2D eigenvalue weighted by Crippen LogP contribution is 2.74. The zero-order valence-electron chi connectivity index (χ0n) is 28.9.